The molecule has 0 spiro atoms. The predicted molar refractivity (Wildman–Crippen MR) is 130 cm³/mol. The molecule has 1 fully saturated rings. The topological polar surface area (TPSA) is 54.2 Å². The second kappa shape index (κ2) is 12.5. The molecular formula is C22H31Cl3N4O. The smallest absolute Gasteiger partial charge is 0.172 e. The molecule has 8 heteroatoms. The van der Waals surface area contributed by atoms with Crippen LogP contribution < -0.4 is 5.32 Å². The van der Waals surface area contributed by atoms with Gasteiger partial charge in [0.2, 0.25) is 0 Å². The number of fused-ring (bicyclic) bond motifs is 1. The van der Waals surface area contributed by atoms with Gasteiger partial charge in [0.05, 0.1) is 5.69 Å². The highest BCUT2D eigenvalue weighted by atomic mass is 35.5. The highest BCUT2D eigenvalue weighted by molar-refractivity contribution is 5.89. The van der Waals surface area contributed by atoms with Crippen molar-refractivity contribution in [3.05, 3.63) is 47.9 Å². The summed E-state index contributed by atoms with van der Waals surface area (Å²) in [6.07, 6.45) is 8.40. The van der Waals surface area contributed by atoms with Crippen LogP contribution in [0.4, 0.5) is 0 Å². The van der Waals surface area contributed by atoms with E-state index in [0.29, 0.717) is 0 Å². The van der Waals surface area contributed by atoms with Gasteiger partial charge < -0.3 is 14.7 Å². The van der Waals surface area contributed by atoms with E-state index in [1.54, 1.807) is 0 Å². The molecule has 0 unspecified atom stereocenters. The van der Waals surface area contributed by atoms with E-state index in [1.807, 2.05) is 12.4 Å². The molecule has 5 nitrogen and oxygen atoms in total. The summed E-state index contributed by atoms with van der Waals surface area (Å²) in [6, 6.07) is 8.49. The first-order valence-corrected chi connectivity index (χ1v) is 9.88. The summed E-state index contributed by atoms with van der Waals surface area (Å²) in [7, 11) is 4.17. The summed E-state index contributed by atoms with van der Waals surface area (Å²) in [5.41, 5.74) is 5.59. The first-order chi connectivity index (χ1) is 13.2. The van der Waals surface area contributed by atoms with Gasteiger partial charge in [-0.1, -0.05) is 11.2 Å². The van der Waals surface area contributed by atoms with E-state index in [9.17, 15) is 0 Å². The zero-order valence-corrected chi connectivity index (χ0v) is 19.9. The van der Waals surface area contributed by atoms with Crippen molar-refractivity contribution < 1.29 is 4.52 Å². The minimum atomic E-state index is 0. The lowest BCUT2D eigenvalue weighted by molar-refractivity contribution is 0.350. The maximum absolute atomic E-state index is 5.88. The van der Waals surface area contributed by atoms with Crippen molar-refractivity contribution in [2.24, 2.45) is 5.92 Å². The number of nitrogens with one attached hydrogen (secondary N) is 1. The Bertz CT molecular complexity index is 896. The Balaban J connectivity index is 0.00000150. The molecule has 1 aliphatic heterocycles. The molecule has 0 atom stereocenters. The molecule has 3 heterocycles. The van der Waals surface area contributed by atoms with Crippen molar-refractivity contribution in [2.45, 2.75) is 32.2 Å². The lowest BCUT2D eigenvalue weighted by Crippen LogP contribution is -2.27. The number of aryl methyl sites for hydroxylation is 1. The molecule has 166 valence electrons. The van der Waals surface area contributed by atoms with Crippen LogP contribution in [0.25, 0.3) is 22.1 Å². The van der Waals surface area contributed by atoms with Crippen molar-refractivity contribution in [1.82, 2.24) is 20.4 Å². The van der Waals surface area contributed by atoms with Gasteiger partial charge in [-0.05, 0) is 88.1 Å². The SMILES string of the molecule is CN(C)Cc1c(-c2ccncc2)ccc2c(CCC3CCNCC3)noc12.Cl.Cl.Cl. The number of rotatable bonds is 6. The number of hydrogen-bond acceptors (Lipinski definition) is 5. The fraction of sp³-hybridized carbons (Fsp3) is 0.455. The van der Waals surface area contributed by atoms with Crippen LogP contribution in [-0.2, 0) is 13.0 Å². The Labute approximate surface area is 197 Å². The fourth-order valence-electron chi connectivity index (χ4n) is 4.08. The molecule has 0 radical (unpaired) electrons. The Hall–Kier alpha value is -1.37. The molecule has 4 rings (SSSR count). The average Bonchev–Trinajstić information content (AvgIpc) is 3.11. The van der Waals surface area contributed by atoms with Crippen LogP contribution >= 0.6 is 37.2 Å². The largest absolute Gasteiger partial charge is 0.356 e. The van der Waals surface area contributed by atoms with Crippen LogP contribution in [0.5, 0.6) is 0 Å². The number of aromatic nitrogens is 2. The second-order valence-electron chi connectivity index (χ2n) is 7.80. The summed E-state index contributed by atoms with van der Waals surface area (Å²) in [4.78, 5) is 6.32. The Morgan fingerprint density at radius 2 is 1.73 bits per heavy atom. The van der Waals surface area contributed by atoms with Gasteiger partial charge in [-0.25, -0.2) is 0 Å². The van der Waals surface area contributed by atoms with Gasteiger partial charge in [-0.2, -0.15) is 0 Å². The second-order valence-corrected chi connectivity index (χ2v) is 7.80. The van der Waals surface area contributed by atoms with Gasteiger partial charge >= 0.3 is 0 Å². The van der Waals surface area contributed by atoms with Crippen LogP contribution in [0.1, 0.15) is 30.5 Å². The van der Waals surface area contributed by atoms with E-state index in [0.717, 1.165) is 48.8 Å². The molecule has 3 aromatic rings. The summed E-state index contributed by atoms with van der Waals surface area (Å²) in [5.74, 6) is 0.801. The standard InChI is InChI=1S/C22H28N4O.3ClH/c1-26(2)15-20-18(17-9-13-24-14-10-17)4-5-19-21(25-27-22(19)20)6-3-16-7-11-23-12-8-16;;;/h4-5,9-10,13-14,16,23H,3,6-8,11-12,15H2,1-2H3;3*1H. The molecule has 0 amide bonds. The van der Waals surface area contributed by atoms with Crippen LogP contribution in [-0.4, -0.2) is 42.2 Å². The first kappa shape index (κ1) is 26.7. The van der Waals surface area contributed by atoms with Gasteiger partial charge in [0.15, 0.2) is 5.58 Å². The van der Waals surface area contributed by atoms with Gasteiger partial charge in [0.25, 0.3) is 0 Å². The normalized spacial score (nSPS) is 14.1. The van der Waals surface area contributed by atoms with E-state index in [2.05, 4.69) is 58.7 Å². The number of pyridine rings is 1. The van der Waals surface area contributed by atoms with E-state index >= 15 is 0 Å². The van der Waals surface area contributed by atoms with Crippen LogP contribution in [0.2, 0.25) is 0 Å². The van der Waals surface area contributed by atoms with Gasteiger partial charge in [0.1, 0.15) is 0 Å². The van der Waals surface area contributed by atoms with Crippen LogP contribution in [0.15, 0.2) is 41.2 Å². The molecule has 2 aromatic heterocycles. The van der Waals surface area contributed by atoms with Crippen LogP contribution in [0, 0.1) is 5.92 Å². The molecule has 0 saturated carbocycles. The third kappa shape index (κ3) is 6.08. The Kier molecular flexibility index (Phi) is 11.1. The third-order valence-electron chi connectivity index (χ3n) is 5.53. The van der Waals surface area contributed by atoms with E-state index in [4.69, 9.17) is 4.52 Å². The fourth-order valence-corrected chi connectivity index (χ4v) is 4.08. The minimum Gasteiger partial charge on any atom is -0.356 e. The molecule has 1 aliphatic rings. The summed E-state index contributed by atoms with van der Waals surface area (Å²) >= 11 is 0. The molecule has 0 bridgehead atoms. The van der Waals surface area contributed by atoms with E-state index in [1.165, 1.54) is 35.8 Å². The maximum atomic E-state index is 5.88. The van der Waals surface area contributed by atoms with E-state index < -0.39 is 0 Å². The Morgan fingerprint density at radius 3 is 2.40 bits per heavy atom. The summed E-state index contributed by atoms with van der Waals surface area (Å²) < 4.78 is 5.88. The molecule has 1 aromatic carbocycles. The number of hydrogen-bond donors (Lipinski definition) is 1. The minimum absolute atomic E-state index is 0. The lowest BCUT2D eigenvalue weighted by atomic mass is 9.91. The summed E-state index contributed by atoms with van der Waals surface area (Å²) in [5, 5.41) is 9.07. The third-order valence-corrected chi connectivity index (χ3v) is 5.53. The number of nitrogens with zero attached hydrogens (tertiary/aromatic N) is 3. The van der Waals surface area contributed by atoms with Crippen molar-refractivity contribution in [3.63, 3.8) is 0 Å². The van der Waals surface area contributed by atoms with Crippen LogP contribution in [0.3, 0.4) is 0 Å². The zero-order chi connectivity index (χ0) is 18.6. The molecule has 1 saturated heterocycles. The average molecular weight is 474 g/mol. The Morgan fingerprint density at radius 1 is 1.03 bits per heavy atom. The lowest BCUT2D eigenvalue weighted by Gasteiger charge is -2.21. The summed E-state index contributed by atoms with van der Waals surface area (Å²) in [6.45, 7) is 3.11. The van der Waals surface area contributed by atoms with Gasteiger partial charge in [0, 0.05) is 29.9 Å². The number of halogens is 3. The van der Waals surface area contributed by atoms with E-state index in [-0.39, 0.29) is 37.2 Å². The highest BCUT2D eigenvalue weighted by Gasteiger charge is 2.19. The quantitative estimate of drug-likeness (QED) is 0.536. The van der Waals surface area contributed by atoms with Crippen molar-refractivity contribution in [2.75, 3.05) is 27.2 Å². The predicted octanol–water partition coefficient (Wildman–Crippen LogP) is 5.15. The first-order valence-electron chi connectivity index (χ1n) is 9.88. The van der Waals surface area contributed by atoms with Crippen molar-refractivity contribution in [3.8, 4) is 11.1 Å². The molecule has 30 heavy (non-hydrogen) atoms. The van der Waals surface area contributed by atoms with Crippen molar-refractivity contribution in [1.29, 1.82) is 0 Å². The maximum Gasteiger partial charge on any atom is 0.172 e. The molecular weight excluding hydrogens is 443 g/mol. The van der Waals surface area contributed by atoms with Gasteiger partial charge in [-0.3, -0.25) is 4.98 Å². The number of benzene rings is 1. The zero-order valence-electron chi connectivity index (χ0n) is 17.5. The van der Waals surface area contributed by atoms with Gasteiger partial charge in [-0.15, -0.1) is 37.2 Å². The molecule has 1 N–H and O–H groups in total. The number of piperidine rings is 1. The molecule has 0 aliphatic carbocycles. The highest BCUT2D eigenvalue weighted by Crippen LogP contribution is 2.33. The monoisotopic (exact) mass is 472 g/mol. The van der Waals surface area contributed by atoms with Crippen molar-refractivity contribution >= 4 is 48.2 Å².